The van der Waals surface area contributed by atoms with Gasteiger partial charge in [-0.2, -0.15) is 0 Å². The van der Waals surface area contributed by atoms with Gasteiger partial charge in [-0.3, -0.25) is 0 Å². The lowest BCUT2D eigenvalue weighted by Crippen LogP contribution is -2.42. The van der Waals surface area contributed by atoms with E-state index in [0.29, 0.717) is 18.2 Å². The smallest absolute Gasteiger partial charge is 0.0731 e. The van der Waals surface area contributed by atoms with E-state index < -0.39 is 0 Å². The van der Waals surface area contributed by atoms with Gasteiger partial charge < -0.3 is 10.1 Å². The molecule has 0 bridgehead atoms. The van der Waals surface area contributed by atoms with Gasteiger partial charge in [-0.25, -0.2) is 0 Å². The summed E-state index contributed by atoms with van der Waals surface area (Å²) in [6.45, 7) is 10.0. The highest BCUT2D eigenvalue weighted by molar-refractivity contribution is 4.80. The van der Waals surface area contributed by atoms with Gasteiger partial charge in [-0.1, -0.05) is 40.0 Å². The second-order valence-electron chi connectivity index (χ2n) is 5.92. The van der Waals surface area contributed by atoms with Crippen molar-refractivity contribution >= 4 is 0 Å². The lowest BCUT2D eigenvalue weighted by Gasteiger charge is -2.29. The monoisotopic (exact) mass is 241 g/mol. The summed E-state index contributed by atoms with van der Waals surface area (Å²) in [6.07, 6.45) is 8.60. The van der Waals surface area contributed by atoms with Crippen LogP contribution in [-0.4, -0.2) is 24.8 Å². The van der Waals surface area contributed by atoms with E-state index in [0.717, 1.165) is 12.5 Å². The van der Waals surface area contributed by atoms with E-state index >= 15 is 0 Å². The fourth-order valence-corrected chi connectivity index (χ4v) is 2.95. The molecule has 1 rings (SSSR count). The summed E-state index contributed by atoms with van der Waals surface area (Å²) in [4.78, 5) is 0. The van der Waals surface area contributed by atoms with Crippen molar-refractivity contribution in [2.24, 2.45) is 5.92 Å². The van der Waals surface area contributed by atoms with Crippen LogP contribution in [0.25, 0.3) is 0 Å². The molecule has 3 atom stereocenters. The second kappa shape index (κ2) is 8.10. The molecule has 0 aromatic carbocycles. The molecule has 1 aliphatic carbocycles. The number of ether oxygens (including phenoxy) is 1. The van der Waals surface area contributed by atoms with Gasteiger partial charge in [0.2, 0.25) is 0 Å². The molecule has 17 heavy (non-hydrogen) atoms. The molecule has 0 radical (unpaired) electrons. The first kappa shape index (κ1) is 15.0. The molecular weight excluding hydrogens is 210 g/mol. The maximum absolute atomic E-state index is 6.28. The highest BCUT2D eigenvalue weighted by Gasteiger charge is 2.25. The van der Waals surface area contributed by atoms with E-state index in [2.05, 4.69) is 33.0 Å². The highest BCUT2D eigenvalue weighted by atomic mass is 16.5. The summed E-state index contributed by atoms with van der Waals surface area (Å²) in [5, 5.41) is 3.61. The zero-order valence-corrected chi connectivity index (χ0v) is 12.2. The molecule has 0 amide bonds. The third-order valence-electron chi connectivity index (χ3n) is 3.63. The summed E-state index contributed by atoms with van der Waals surface area (Å²) in [5.74, 6) is 0.730. The van der Waals surface area contributed by atoms with Crippen LogP contribution in [0.2, 0.25) is 0 Å². The Morgan fingerprint density at radius 1 is 1.12 bits per heavy atom. The SMILES string of the molecule is CCNC1CCCCCC1OC(C)CC(C)C. The van der Waals surface area contributed by atoms with Gasteiger partial charge in [0.15, 0.2) is 0 Å². The van der Waals surface area contributed by atoms with Gasteiger partial charge >= 0.3 is 0 Å². The first-order valence-corrected chi connectivity index (χ1v) is 7.52. The Balaban J connectivity index is 2.44. The van der Waals surface area contributed by atoms with Crippen molar-refractivity contribution in [3.05, 3.63) is 0 Å². The molecule has 1 fully saturated rings. The Hall–Kier alpha value is -0.0800. The number of hydrogen-bond donors (Lipinski definition) is 1. The lowest BCUT2D eigenvalue weighted by molar-refractivity contribution is -0.0336. The Bertz CT molecular complexity index is 193. The molecule has 0 saturated heterocycles. The fourth-order valence-electron chi connectivity index (χ4n) is 2.95. The standard InChI is InChI=1S/C15H31NO/c1-5-16-14-9-7-6-8-10-15(14)17-13(4)11-12(2)3/h12-16H,5-11H2,1-4H3. The van der Waals surface area contributed by atoms with E-state index in [-0.39, 0.29) is 0 Å². The predicted molar refractivity (Wildman–Crippen MR) is 74.3 cm³/mol. The first-order valence-electron chi connectivity index (χ1n) is 7.52. The first-order chi connectivity index (χ1) is 8.13. The molecule has 0 aromatic rings. The Kier molecular flexibility index (Phi) is 7.14. The Morgan fingerprint density at radius 2 is 1.82 bits per heavy atom. The van der Waals surface area contributed by atoms with Crippen LogP contribution < -0.4 is 5.32 Å². The van der Waals surface area contributed by atoms with Crippen LogP contribution in [0.1, 0.15) is 66.2 Å². The minimum Gasteiger partial charge on any atom is -0.374 e. The lowest BCUT2D eigenvalue weighted by atomic mass is 10.0. The van der Waals surface area contributed by atoms with Gasteiger partial charge in [0.25, 0.3) is 0 Å². The maximum atomic E-state index is 6.28. The molecule has 1 saturated carbocycles. The number of likely N-dealkylation sites (N-methyl/N-ethyl adjacent to an activating group) is 1. The summed E-state index contributed by atoms with van der Waals surface area (Å²) in [5.41, 5.74) is 0. The zero-order chi connectivity index (χ0) is 12.7. The van der Waals surface area contributed by atoms with Crippen molar-refractivity contribution < 1.29 is 4.74 Å². The van der Waals surface area contributed by atoms with E-state index in [1.165, 1.54) is 38.5 Å². The van der Waals surface area contributed by atoms with Crippen molar-refractivity contribution in [2.45, 2.75) is 84.5 Å². The van der Waals surface area contributed by atoms with E-state index in [9.17, 15) is 0 Å². The van der Waals surface area contributed by atoms with Crippen LogP contribution >= 0.6 is 0 Å². The molecule has 1 aliphatic rings. The highest BCUT2D eigenvalue weighted by Crippen LogP contribution is 2.23. The number of hydrogen-bond acceptors (Lipinski definition) is 2. The fraction of sp³-hybridized carbons (Fsp3) is 1.00. The van der Waals surface area contributed by atoms with Gasteiger partial charge in [0, 0.05) is 6.04 Å². The van der Waals surface area contributed by atoms with Crippen molar-refractivity contribution in [3.8, 4) is 0 Å². The second-order valence-corrected chi connectivity index (χ2v) is 5.92. The Labute approximate surface area is 108 Å². The number of rotatable bonds is 6. The van der Waals surface area contributed by atoms with E-state index in [4.69, 9.17) is 4.74 Å². The van der Waals surface area contributed by atoms with Gasteiger partial charge in [0.05, 0.1) is 12.2 Å². The van der Waals surface area contributed by atoms with Gasteiger partial charge in [-0.05, 0) is 38.6 Å². The molecule has 0 aliphatic heterocycles. The average Bonchev–Trinajstić information content (AvgIpc) is 2.44. The Morgan fingerprint density at radius 3 is 2.47 bits per heavy atom. The third-order valence-corrected chi connectivity index (χ3v) is 3.63. The minimum absolute atomic E-state index is 0.402. The summed E-state index contributed by atoms with van der Waals surface area (Å²) < 4.78 is 6.28. The van der Waals surface area contributed by atoms with Crippen LogP contribution in [0.3, 0.4) is 0 Å². The van der Waals surface area contributed by atoms with Crippen LogP contribution in [0, 0.1) is 5.92 Å². The quantitative estimate of drug-likeness (QED) is 0.715. The maximum Gasteiger partial charge on any atom is 0.0731 e. The normalized spacial score (nSPS) is 28.1. The summed E-state index contributed by atoms with van der Waals surface area (Å²) in [7, 11) is 0. The molecule has 3 unspecified atom stereocenters. The summed E-state index contributed by atoms with van der Waals surface area (Å²) >= 11 is 0. The van der Waals surface area contributed by atoms with E-state index in [1.54, 1.807) is 0 Å². The number of nitrogens with one attached hydrogen (secondary N) is 1. The van der Waals surface area contributed by atoms with E-state index in [1.807, 2.05) is 0 Å². The minimum atomic E-state index is 0.402. The van der Waals surface area contributed by atoms with Crippen LogP contribution in [0.5, 0.6) is 0 Å². The zero-order valence-electron chi connectivity index (χ0n) is 12.2. The van der Waals surface area contributed by atoms with Crippen molar-refractivity contribution in [3.63, 3.8) is 0 Å². The molecule has 102 valence electrons. The largest absolute Gasteiger partial charge is 0.374 e. The van der Waals surface area contributed by atoms with Gasteiger partial charge in [-0.15, -0.1) is 0 Å². The molecule has 1 N–H and O–H groups in total. The summed E-state index contributed by atoms with van der Waals surface area (Å²) in [6, 6.07) is 0.581. The van der Waals surface area contributed by atoms with Crippen LogP contribution in [-0.2, 0) is 4.74 Å². The topological polar surface area (TPSA) is 21.3 Å². The van der Waals surface area contributed by atoms with Crippen molar-refractivity contribution in [1.29, 1.82) is 0 Å². The van der Waals surface area contributed by atoms with Crippen molar-refractivity contribution in [1.82, 2.24) is 5.32 Å². The molecule has 0 heterocycles. The molecule has 2 nitrogen and oxygen atoms in total. The van der Waals surface area contributed by atoms with Crippen molar-refractivity contribution in [2.75, 3.05) is 6.54 Å². The van der Waals surface area contributed by atoms with Gasteiger partial charge in [0.1, 0.15) is 0 Å². The van der Waals surface area contributed by atoms with Crippen LogP contribution in [0.15, 0.2) is 0 Å². The molecule has 0 spiro atoms. The molecule has 0 aromatic heterocycles. The average molecular weight is 241 g/mol. The third kappa shape index (κ3) is 5.87. The molecule has 2 heteroatoms. The molecular formula is C15H31NO. The van der Waals surface area contributed by atoms with Crippen LogP contribution in [0.4, 0.5) is 0 Å². The predicted octanol–water partition coefficient (Wildman–Crippen LogP) is 3.75.